The smallest absolute Gasteiger partial charge is 0.353 e. The Morgan fingerprint density at radius 3 is 2.65 bits per heavy atom. The maximum Gasteiger partial charge on any atom is 0.353 e. The fraction of sp³-hybridized carbons (Fsp3) is 0.364. The minimum Gasteiger partial charge on any atom is -0.454 e. The van der Waals surface area contributed by atoms with Gasteiger partial charge in [0, 0.05) is 12.2 Å². The Bertz CT molecular complexity index is 1210. The summed E-state index contributed by atoms with van der Waals surface area (Å²) in [6, 6.07) is 8.67. The molecule has 1 aromatic carbocycles. The molecule has 0 bridgehead atoms. The molecule has 3 aromatic rings. The van der Waals surface area contributed by atoms with E-state index in [0.717, 1.165) is 0 Å². The van der Waals surface area contributed by atoms with Gasteiger partial charge in [0.25, 0.3) is 0 Å². The zero-order valence-corrected chi connectivity index (χ0v) is 19.7. The fourth-order valence-electron chi connectivity index (χ4n) is 3.66. The van der Waals surface area contributed by atoms with Gasteiger partial charge < -0.3 is 24.3 Å². The number of hydrogen-bond acceptors (Lipinski definition) is 10. The predicted molar refractivity (Wildman–Crippen MR) is 124 cm³/mol. The second-order valence-electron chi connectivity index (χ2n) is 7.41. The van der Waals surface area contributed by atoms with Gasteiger partial charge in [0.05, 0.1) is 31.2 Å². The Balaban J connectivity index is 1.62. The van der Waals surface area contributed by atoms with E-state index in [1.54, 1.807) is 48.8 Å². The summed E-state index contributed by atoms with van der Waals surface area (Å²) in [7, 11) is -3.42. The highest BCUT2D eigenvalue weighted by atomic mass is 31.2. The van der Waals surface area contributed by atoms with E-state index >= 15 is 0 Å². The summed E-state index contributed by atoms with van der Waals surface area (Å²) >= 11 is 0. The van der Waals surface area contributed by atoms with Crippen molar-refractivity contribution in [3.63, 3.8) is 0 Å². The second kappa shape index (κ2) is 10.4. The summed E-state index contributed by atoms with van der Waals surface area (Å²) in [5.41, 5.74) is 7.19. The third-order valence-corrected chi connectivity index (χ3v) is 6.90. The minimum absolute atomic E-state index is 0.227. The molecule has 1 saturated heterocycles. The number of nitrogen functional groups attached to an aromatic ring is 1. The van der Waals surface area contributed by atoms with Gasteiger partial charge in [-0.2, -0.15) is 0 Å². The first-order valence-corrected chi connectivity index (χ1v) is 12.5. The number of fused-ring (bicyclic) bond motifs is 1. The number of nitrogens with two attached hydrogens (primary N) is 1. The van der Waals surface area contributed by atoms with Crippen molar-refractivity contribution in [3.8, 4) is 0 Å². The molecule has 0 radical (unpaired) electrons. The lowest BCUT2D eigenvalue weighted by Gasteiger charge is -2.20. The number of carbonyl (C=O) groups excluding carboxylic acids is 1. The standard InChI is InChI=1S/C22H26N5O6P/c1-3-30-34(29,31-4-2)11-10-16-12-17(33-22(28)15-8-6-5-7-9-15)21(32-16)27-14-26-18-19(23)24-13-25-20(18)27/h5-11,13-14,16-17,21H,3-4,12H2,1-2H3,(H2,23,24,25)/t16-,17-,21-/m1/s1. The van der Waals surface area contributed by atoms with E-state index in [0.29, 0.717) is 23.1 Å². The number of anilines is 1. The summed E-state index contributed by atoms with van der Waals surface area (Å²) in [4.78, 5) is 25.3. The number of esters is 1. The normalized spacial score (nSPS) is 20.8. The van der Waals surface area contributed by atoms with E-state index in [9.17, 15) is 9.36 Å². The Labute approximate surface area is 196 Å². The zero-order valence-electron chi connectivity index (χ0n) is 18.8. The van der Waals surface area contributed by atoms with Gasteiger partial charge in [-0.15, -0.1) is 0 Å². The van der Waals surface area contributed by atoms with Crippen LogP contribution >= 0.6 is 7.60 Å². The van der Waals surface area contributed by atoms with Crippen LogP contribution in [0.2, 0.25) is 0 Å². The van der Waals surface area contributed by atoms with Crippen molar-refractivity contribution < 1.29 is 27.9 Å². The lowest BCUT2D eigenvalue weighted by Crippen LogP contribution is -2.25. The number of benzene rings is 1. The summed E-state index contributed by atoms with van der Waals surface area (Å²) in [6.07, 6.45) is 2.78. The van der Waals surface area contributed by atoms with Gasteiger partial charge >= 0.3 is 13.6 Å². The van der Waals surface area contributed by atoms with Crippen LogP contribution < -0.4 is 5.73 Å². The van der Waals surface area contributed by atoms with Crippen molar-refractivity contribution in [2.45, 2.75) is 38.7 Å². The molecule has 180 valence electrons. The van der Waals surface area contributed by atoms with E-state index < -0.39 is 32.0 Å². The van der Waals surface area contributed by atoms with E-state index in [4.69, 9.17) is 24.3 Å². The predicted octanol–water partition coefficient (Wildman–Crippen LogP) is 3.70. The number of hydrogen-bond donors (Lipinski definition) is 1. The highest BCUT2D eigenvalue weighted by Gasteiger charge is 2.40. The van der Waals surface area contributed by atoms with Crippen molar-refractivity contribution in [3.05, 3.63) is 60.4 Å². The maximum absolute atomic E-state index is 12.8. The van der Waals surface area contributed by atoms with Crippen LogP contribution in [0.1, 0.15) is 36.9 Å². The van der Waals surface area contributed by atoms with E-state index in [1.165, 1.54) is 18.5 Å². The van der Waals surface area contributed by atoms with E-state index in [2.05, 4.69) is 15.0 Å². The molecule has 11 nitrogen and oxygen atoms in total. The van der Waals surface area contributed by atoms with Crippen molar-refractivity contribution >= 4 is 30.5 Å². The second-order valence-corrected chi connectivity index (χ2v) is 9.30. The topological polar surface area (TPSA) is 141 Å². The SMILES string of the molecule is CCOP(=O)(C=C[C@@H]1C[C@@H](OC(=O)c2ccccc2)[C@H](n2cnc3c(N)ncnc32)O1)OCC. The van der Waals surface area contributed by atoms with Crippen LogP contribution in [0.5, 0.6) is 0 Å². The molecule has 12 heteroatoms. The molecule has 0 saturated carbocycles. The fourth-order valence-corrected chi connectivity index (χ4v) is 5.03. The zero-order chi connectivity index (χ0) is 24.1. The molecule has 1 fully saturated rings. The molecule has 0 unspecified atom stereocenters. The highest BCUT2D eigenvalue weighted by molar-refractivity contribution is 7.57. The molecule has 34 heavy (non-hydrogen) atoms. The molecule has 3 atom stereocenters. The number of imidazole rings is 1. The van der Waals surface area contributed by atoms with E-state index in [-0.39, 0.29) is 19.0 Å². The Morgan fingerprint density at radius 2 is 1.94 bits per heavy atom. The number of ether oxygens (including phenoxy) is 2. The minimum atomic E-state index is -3.42. The molecule has 1 aliphatic heterocycles. The Hall–Kier alpha value is -3.11. The summed E-state index contributed by atoms with van der Waals surface area (Å²) < 4.78 is 37.1. The molecule has 1 aliphatic rings. The summed E-state index contributed by atoms with van der Waals surface area (Å²) in [5.74, 6) is 1.12. The van der Waals surface area contributed by atoms with E-state index in [1.807, 2.05) is 6.07 Å². The van der Waals surface area contributed by atoms with Crippen LogP contribution in [0.3, 0.4) is 0 Å². The van der Waals surface area contributed by atoms with Crippen LogP contribution in [0.25, 0.3) is 11.2 Å². The molecule has 0 spiro atoms. The lowest BCUT2D eigenvalue weighted by atomic mass is 10.2. The largest absolute Gasteiger partial charge is 0.454 e. The van der Waals surface area contributed by atoms with Gasteiger partial charge in [0.2, 0.25) is 0 Å². The van der Waals surface area contributed by atoms with Gasteiger partial charge in [-0.3, -0.25) is 9.13 Å². The van der Waals surface area contributed by atoms with Crippen LogP contribution in [-0.2, 0) is 23.1 Å². The number of nitrogens with zero attached hydrogens (tertiary/aromatic N) is 4. The first-order chi connectivity index (χ1) is 16.4. The van der Waals surface area contributed by atoms with Gasteiger partial charge in [0.15, 0.2) is 23.8 Å². The first kappa shape index (κ1) is 24.0. The molecule has 2 N–H and O–H groups in total. The molecular formula is C22H26N5O6P. The van der Waals surface area contributed by atoms with Crippen LogP contribution in [0.4, 0.5) is 5.82 Å². The Kier molecular flexibility index (Phi) is 7.38. The summed E-state index contributed by atoms with van der Waals surface area (Å²) in [6.45, 7) is 3.93. The van der Waals surface area contributed by atoms with Gasteiger partial charge in [-0.25, -0.2) is 19.7 Å². The molecule has 0 aliphatic carbocycles. The lowest BCUT2D eigenvalue weighted by molar-refractivity contribution is -0.0381. The molecule has 2 aromatic heterocycles. The number of rotatable bonds is 9. The third kappa shape index (κ3) is 5.18. The quantitative estimate of drug-likeness (QED) is 0.351. The average molecular weight is 487 g/mol. The molecular weight excluding hydrogens is 461 g/mol. The highest BCUT2D eigenvalue weighted by Crippen LogP contribution is 2.50. The third-order valence-electron chi connectivity index (χ3n) is 5.13. The molecule has 3 heterocycles. The first-order valence-electron chi connectivity index (χ1n) is 10.9. The van der Waals surface area contributed by atoms with Gasteiger partial charge in [-0.1, -0.05) is 18.2 Å². The maximum atomic E-state index is 12.8. The molecule has 0 amide bonds. The van der Waals surface area contributed by atoms with Crippen molar-refractivity contribution in [1.82, 2.24) is 19.5 Å². The number of carbonyl (C=O) groups is 1. The monoisotopic (exact) mass is 487 g/mol. The van der Waals surface area contributed by atoms with Gasteiger partial charge in [0.1, 0.15) is 11.8 Å². The Morgan fingerprint density at radius 1 is 1.21 bits per heavy atom. The van der Waals surface area contributed by atoms with Crippen molar-refractivity contribution in [2.24, 2.45) is 0 Å². The average Bonchev–Trinajstić information content (AvgIpc) is 3.43. The molecule has 4 rings (SSSR count). The van der Waals surface area contributed by atoms with Crippen LogP contribution in [0, 0.1) is 0 Å². The van der Waals surface area contributed by atoms with Gasteiger partial charge in [-0.05, 0) is 32.1 Å². The number of aromatic nitrogens is 4. The summed E-state index contributed by atoms with van der Waals surface area (Å²) in [5, 5.41) is 0. The van der Waals surface area contributed by atoms with Crippen molar-refractivity contribution in [1.29, 1.82) is 0 Å². The van der Waals surface area contributed by atoms with Crippen LogP contribution in [0.15, 0.2) is 54.9 Å². The van der Waals surface area contributed by atoms with Crippen LogP contribution in [-0.4, -0.2) is 50.9 Å². The van der Waals surface area contributed by atoms with Crippen molar-refractivity contribution in [2.75, 3.05) is 18.9 Å².